The summed E-state index contributed by atoms with van der Waals surface area (Å²) in [5.74, 6) is 0.921. The van der Waals surface area contributed by atoms with E-state index in [0.29, 0.717) is 17.9 Å². The fourth-order valence-electron chi connectivity index (χ4n) is 3.96. The molecule has 1 N–H and O–H groups in total. The third-order valence-corrected chi connectivity index (χ3v) is 6.42. The topological polar surface area (TPSA) is 90.2 Å². The van der Waals surface area contributed by atoms with Crippen LogP contribution in [0.1, 0.15) is 11.1 Å². The quantitative estimate of drug-likeness (QED) is 0.168. The SMILES string of the molecule is Cc1ccccc1-c1cc2cnc(Nc3c(Cl)cc([N+](=O)[O-])cc3Cl)nc2cc1OCc1ccccc1. The molecule has 37 heavy (non-hydrogen) atoms. The molecule has 0 atom stereocenters. The van der Waals surface area contributed by atoms with Crippen molar-refractivity contribution in [2.24, 2.45) is 0 Å². The van der Waals surface area contributed by atoms with Gasteiger partial charge in [0.2, 0.25) is 5.95 Å². The van der Waals surface area contributed by atoms with Gasteiger partial charge >= 0.3 is 0 Å². The molecule has 0 aliphatic carbocycles. The summed E-state index contributed by atoms with van der Waals surface area (Å²) in [5.41, 5.74) is 4.88. The third-order valence-electron chi connectivity index (χ3n) is 5.83. The number of non-ortho nitro benzene ring substituents is 1. The van der Waals surface area contributed by atoms with E-state index in [2.05, 4.69) is 34.3 Å². The van der Waals surface area contributed by atoms with Crippen LogP contribution in [-0.4, -0.2) is 14.9 Å². The van der Waals surface area contributed by atoms with Crippen molar-refractivity contribution in [2.75, 3.05) is 5.32 Å². The largest absolute Gasteiger partial charge is 0.488 e. The van der Waals surface area contributed by atoms with E-state index in [1.165, 1.54) is 12.1 Å². The second-order valence-corrected chi connectivity index (χ2v) is 9.17. The molecule has 184 valence electrons. The van der Waals surface area contributed by atoms with Crippen LogP contribution in [0.4, 0.5) is 17.3 Å². The number of halogens is 2. The molecule has 9 heteroatoms. The minimum atomic E-state index is -0.558. The monoisotopic (exact) mass is 530 g/mol. The molecular weight excluding hydrogens is 511 g/mol. The molecule has 5 aromatic rings. The Balaban J connectivity index is 1.54. The van der Waals surface area contributed by atoms with Crippen LogP contribution in [0.5, 0.6) is 5.75 Å². The van der Waals surface area contributed by atoms with Crippen LogP contribution in [0.3, 0.4) is 0 Å². The number of hydrogen-bond donors (Lipinski definition) is 1. The molecule has 0 radical (unpaired) electrons. The van der Waals surface area contributed by atoms with Crippen LogP contribution in [-0.2, 0) is 6.61 Å². The number of hydrogen-bond acceptors (Lipinski definition) is 6. The van der Waals surface area contributed by atoms with Crippen molar-refractivity contribution in [3.8, 4) is 16.9 Å². The molecule has 0 saturated heterocycles. The summed E-state index contributed by atoms with van der Waals surface area (Å²) in [6, 6.07) is 24.4. The highest BCUT2D eigenvalue weighted by Gasteiger charge is 2.17. The molecule has 7 nitrogen and oxygen atoms in total. The summed E-state index contributed by atoms with van der Waals surface area (Å²) in [4.78, 5) is 19.6. The number of nitro groups is 1. The first-order chi connectivity index (χ1) is 17.9. The van der Waals surface area contributed by atoms with E-state index in [-0.39, 0.29) is 27.4 Å². The summed E-state index contributed by atoms with van der Waals surface area (Å²) in [7, 11) is 0. The lowest BCUT2D eigenvalue weighted by Crippen LogP contribution is -2.01. The van der Waals surface area contributed by atoms with Crippen molar-refractivity contribution in [1.29, 1.82) is 0 Å². The highest BCUT2D eigenvalue weighted by molar-refractivity contribution is 6.39. The Labute approximate surface area is 222 Å². The van der Waals surface area contributed by atoms with Gasteiger partial charge in [-0.3, -0.25) is 10.1 Å². The average Bonchev–Trinajstić information content (AvgIpc) is 2.89. The molecule has 1 aromatic heterocycles. The number of rotatable bonds is 7. The van der Waals surface area contributed by atoms with E-state index in [9.17, 15) is 10.1 Å². The van der Waals surface area contributed by atoms with E-state index in [1.54, 1.807) is 6.20 Å². The normalized spacial score (nSPS) is 10.9. The van der Waals surface area contributed by atoms with Crippen molar-refractivity contribution in [3.05, 3.63) is 116 Å². The molecule has 5 rings (SSSR count). The number of benzene rings is 4. The number of nitrogens with zero attached hydrogens (tertiary/aromatic N) is 3. The van der Waals surface area contributed by atoms with Crippen molar-refractivity contribution in [3.63, 3.8) is 0 Å². The van der Waals surface area contributed by atoms with Gasteiger partial charge in [-0.15, -0.1) is 0 Å². The number of aromatic nitrogens is 2. The average molecular weight is 531 g/mol. The summed E-state index contributed by atoms with van der Waals surface area (Å²) in [6.45, 7) is 2.46. The van der Waals surface area contributed by atoms with E-state index < -0.39 is 4.92 Å². The number of nitro benzene ring substituents is 1. The number of nitrogens with one attached hydrogen (secondary N) is 1. The highest BCUT2D eigenvalue weighted by atomic mass is 35.5. The predicted octanol–water partition coefficient (Wildman–Crippen LogP) is 8.14. The molecule has 0 fully saturated rings. The van der Waals surface area contributed by atoms with Crippen LogP contribution in [0.15, 0.2) is 85.1 Å². The van der Waals surface area contributed by atoms with Gasteiger partial charge in [-0.05, 0) is 29.7 Å². The summed E-state index contributed by atoms with van der Waals surface area (Å²) >= 11 is 12.5. The fraction of sp³-hybridized carbons (Fsp3) is 0.0714. The van der Waals surface area contributed by atoms with Crippen LogP contribution in [0, 0.1) is 17.0 Å². The molecule has 0 unspecified atom stereocenters. The molecule has 0 saturated carbocycles. The maximum absolute atomic E-state index is 11.1. The first-order valence-electron chi connectivity index (χ1n) is 11.3. The minimum absolute atomic E-state index is 0.0877. The van der Waals surface area contributed by atoms with Gasteiger partial charge in [0, 0.05) is 35.3 Å². The second-order valence-electron chi connectivity index (χ2n) is 8.36. The van der Waals surface area contributed by atoms with E-state index >= 15 is 0 Å². The highest BCUT2D eigenvalue weighted by Crippen LogP contribution is 2.38. The maximum Gasteiger partial charge on any atom is 0.272 e. The van der Waals surface area contributed by atoms with Gasteiger partial charge < -0.3 is 10.1 Å². The van der Waals surface area contributed by atoms with Gasteiger partial charge in [0.25, 0.3) is 5.69 Å². The number of aryl methyl sites for hydroxylation is 1. The number of ether oxygens (including phenoxy) is 1. The molecule has 0 aliphatic heterocycles. The van der Waals surface area contributed by atoms with E-state index in [4.69, 9.17) is 27.9 Å². The van der Waals surface area contributed by atoms with Crippen LogP contribution < -0.4 is 10.1 Å². The molecule has 0 spiro atoms. The first kappa shape index (κ1) is 24.5. The van der Waals surface area contributed by atoms with Crippen LogP contribution in [0.2, 0.25) is 10.0 Å². The number of anilines is 2. The Morgan fingerprint density at radius 3 is 2.35 bits per heavy atom. The third kappa shape index (κ3) is 5.33. The van der Waals surface area contributed by atoms with Gasteiger partial charge in [0.1, 0.15) is 12.4 Å². The Bertz CT molecular complexity index is 1600. The molecule has 1 heterocycles. The Kier molecular flexibility index (Phi) is 6.90. The molecule has 0 bridgehead atoms. The van der Waals surface area contributed by atoms with Crippen molar-refractivity contribution in [1.82, 2.24) is 9.97 Å². The lowest BCUT2D eigenvalue weighted by molar-refractivity contribution is -0.384. The molecular formula is C28H20Cl2N4O3. The first-order valence-corrected chi connectivity index (χ1v) is 12.1. The summed E-state index contributed by atoms with van der Waals surface area (Å²) < 4.78 is 6.29. The van der Waals surface area contributed by atoms with Gasteiger partial charge in [0.15, 0.2) is 0 Å². The van der Waals surface area contributed by atoms with Crippen molar-refractivity contribution in [2.45, 2.75) is 13.5 Å². The lowest BCUT2D eigenvalue weighted by Gasteiger charge is -2.15. The van der Waals surface area contributed by atoms with Crippen LogP contribution in [0.25, 0.3) is 22.0 Å². The predicted molar refractivity (Wildman–Crippen MR) is 147 cm³/mol. The van der Waals surface area contributed by atoms with Gasteiger partial charge in [0.05, 0.1) is 26.2 Å². The molecule has 0 amide bonds. The lowest BCUT2D eigenvalue weighted by atomic mass is 9.98. The smallest absolute Gasteiger partial charge is 0.272 e. The Morgan fingerprint density at radius 2 is 1.65 bits per heavy atom. The standard InChI is InChI=1S/C28H20Cl2N4O3/c1-17-7-5-6-10-21(17)22-11-19-15-31-28(33-27-23(29)12-20(34(35)36)13-24(27)30)32-25(19)14-26(22)37-16-18-8-3-2-4-9-18/h2-15H,16H2,1H3,(H,31,32,33). The van der Waals surface area contributed by atoms with Gasteiger partial charge in [-0.1, -0.05) is 77.8 Å². The Morgan fingerprint density at radius 1 is 0.946 bits per heavy atom. The van der Waals surface area contributed by atoms with Gasteiger partial charge in [-0.2, -0.15) is 0 Å². The zero-order valence-electron chi connectivity index (χ0n) is 19.6. The minimum Gasteiger partial charge on any atom is -0.488 e. The van der Waals surface area contributed by atoms with Crippen LogP contribution >= 0.6 is 23.2 Å². The fourth-order valence-corrected chi connectivity index (χ4v) is 4.53. The molecule has 0 aliphatic rings. The zero-order chi connectivity index (χ0) is 25.9. The van der Waals surface area contributed by atoms with E-state index in [1.807, 2.05) is 54.6 Å². The zero-order valence-corrected chi connectivity index (χ0v) is 21.1. The van der Waals surface area contributed by atoms with Crippen molar-refractivity contribution < 1.29 is 9.66 Å². The Hall–Kier alpha value is -4.20. The second kappa shape index (κ2) is 10.4. The summed E-state index contributed by atoms with van der Waals surface area (Å²) in [6.07, 6.45) is 1.70. The van der Waals surface area contributed by atoms with Gasteiger partial charge in [-0.25, -0.2) is 9.97 Å². The maximum atomic E-state index is 11.1. The molecule has 4 aromatic carbocycles. The summed E-state index contributed by atoms with van der Waals surface area (Å²) in [5, 5.41) is 15.1. The number of fused-ring (bicyclic) bond motifs is 1. The van der Waals surface area contributed by atoms with E-state index in [0.717, 1.165) is 27.6 Å². The van der Waals surface area contributed by atoms with Crippen molar-refractivity contribution >= 4 is 51.4 Å².